The number of amides is 1. The summed E-state index contributed by atoms with van der Waals surface area (Å²) in [5.41, 5.74) is 2.87. The molecule has 1 aromatic rings. The first-order chi connectivity index (χ1) is 11.5. The summed E-state index contributed by atoms with van der Waals surface area (Å²) < 4.78 is 0. The Kier molecular flexibility index (Phi) is 10.4. The molecular formula is C18H27ClN2OS2. The highest BCUT2D eigenvalue weighted by atomic mass is 35.5. The zero-order chi connectivity index (χ0) is 17.9. The summed E-state index contributed by atoms with van der Waals surface area (Å²) in [6, 6.07) is 5.98. The van der Waals surface area contributed by atoms with Crippen LogP contribution in [0.5, 0.6) is 0 Å². The van der Waals surface area contributed by atoms with Gasteiger partial charge in [0.1, 0.15) is 4.99 Å². The van der Waals surface area contributed by atoms with E-state index in [9.17, 15) is 4.79 Å². The van der Waals surface area contributed by atoms with Crippen molar-refractivity contribution in [2.24, 2.45) is 0 Å². The van der Waals surface area contributed by atoms with Crippen LogP contribution in [0.25, 0.3) is 0 Å². The van der Waals surface area contributed by atoms with Crippen LogP contribution in [0, 0.1) is 0 Å². The van der Waals surface area contributed by atoms with Gasteiger partial charge in [-0.15, -0.1) is 11.6 Å². The highest BCUT2D eigenvalue weighted by Gasteiger charge is 2.09. The van der Waals surface area contributed by atoms with Crippen LogP contribution in [0.15, 0.2) is 18.2 Å². The van der Waals surface area contributed by atoms with Crippen molar-refractivity contribution in [3.8, 4) is 0 Å². The van der Waals surface area contributed by atoms with Crippen molar-refractivity contribution < 1.29 is 4.79 Å². The number of carbonyl (C=O) groups excluding carboxylic acids is 1. The maximum atomic E-state index is 12.1. The Morgan fingerprint density at radius 3 is 2.75 bits per heavy atom. The highest BCUT2D eigenvalue weighted by molar-refractivity contribution is 7.81. The Morgan fingerprint density at radius 2 is 2.12 bits per heavy atom. The number of aryl methyl sites for hydroxylation is 1. The fraction of sp³-hybridized carbons (Fsp3) is 0.556. The van der Waals surface area contributed by atoms with Crippen molar-refractivity contribution in [3.05, 3.63) is 29.3 Å². The van der Waals surface area contributed by atoms with E-state index in [0.29, 0.717) is 22.5 Å². The third-order valence-corrected chi connectivity index (χ3v) is 4.57. The Labute approximate surface area is 161 Å². The first-order valence-corrected chi connectivity index (χ1v) is 9.88. The molecule has 0 aliphatic rings. The smallest absolute Gasteiger partial charge is 0.224 e. The molecule has 2 N–H and O–H groups in total. The Hall–Kier alpha value is -0.780. The number of alkyl halides is 1. The number of nitrogens with one attached hydrogen (secondary N) is 2. The van der Waals surface area contributed by atoms with E-state index in [1.165, 1.54) is 0 Å². The first kappa shape index (κ1) is 21.3. The largest absolute Gasteiger partial charge is 0.376 e. The van der Waals surface area contributed by atoms with Crippen LogP contribution >= 0.6 is 36.4 Å². The van der Waals surface area contributed by atoms with E-state index in [1.54, 1.807) is 0 Å². The van der Waals surface area contributed by atoms with Crippen LogP contribution < -0.4 is 10.6 Å². The average molecular weight is 387 g/mol. The van der Waals surface area contributed by atoms with Gasteiger partial charge in [-0.1, -0.05) is 38.2 Å². The molecule has 0 bridgehead atoms. The molecule has 1 aromatic carbocycles. The van der Waals surface area contributed by atoms with E-state index in [4.69, 9.17) is 23.8 Å². The maximum absolute atomic E-state index is 12.1. The molecule has 6 heteroatoms. The van der Waals surface area contributed by atoms with Crippen LogP contribution in [0.4, 0.5) is 5.69 Å². The van der Waals surface area contributed by atoms with E-state index in [1.807, 2.05) is 18.2 Å². The lowest BCUT2D eigenvalue weighted by Gasteiger charge is -2.14. The van der Waals surface area contributed by atoms with Gasteiger partial charge in [0.2, 0.25) is 5.91 Å². The Bertz CT molecular complexity index is 550. The van der Waals surface area contributed by atoms with Gasteiger partial charge in [-0.25, -0.2) is 0 Å². The molecule has 0 radical (unpaired) electrons. The Morgan fingerprint density at radius 1 is 1.38 bits per heavy atom. The highest BCUT2D eigenvalue weighted by Crippen LogP contribution is 2.19. The second kappa shape index (κ2) is 11.7. The molecule has 134 valence electrons. The summed E-state index contributed by atoms with van der Waals surface area (Å²) >= 11 is 15.5. The lowest BCUT2D eigenvalue weighted by atomic mass is 10.1. The molecule has 0 heterocycles. The SMILES string of the molecule is CCc1ccc(C(=S)NCCC(C)S)cc1NC(=O)CCCCCl. The molecular weight excluding hydrogens is 360 g/mol. The molecule has 1 atom stereocenters. The molecule has 1 amide bonds. The van der Waals surface area contributed by atoms with E-state index in [0.717, 1.165) is 49.0 Å². The van der Waals surface area contributed by atoms with Crippen LogP contribution in [0.2, 0.25) is 0 Å². The lowest BCUT2D eigenvalue weighted by Crippen LogP contribution is -2.25. The number of rotatable bonds is 10. The van der Waals surface area contributed by atoms with E-state index in [2.05, 4.69) is 37.1 Å². The van der Waals surface area contributed by atoms with Crippen LogP contribution in [-0.2, 0) is 11.2 Å². The third kappa shape index (κ3) is 7.86. The molecule has 3 nitrogen and oxygen atoms in total. The van der Waals surface area contributed by atoms with E-state index >= 15 is 0 Å². The number of hydrogen-bond acceptors (Lipinski definition) is 3. The normalized spacial score (nSPS) is 11.8. The fourth-order valence-corrected chi connectivity index (χ4v) is 2.78. The number of anilines is 1. The molecule has 1 unspecified atom stereocenters. The van der Waals surface area contributed by atoms with Crippen molar-refractivity contribution in [2.75, 3.05) is 17.7 Å². The number of thiol groups is 1. The lowest BCUT2D eigenvalue weighted by molar-refractivity contribution is -0.116. The second-order valence-corrected chi connectivity index (χ2v) is 7.48. The van der Waals surface area contributed by atoms with Crippen LogP contribution in [0.3, 0.4) is 0 Å². The van der Waals surface area contributed by atoms with Crippen LogP contribution in [0.1, 0.15) is 50.7 Å². The van der Waals surface area contributed by atoms with Crippen molar-refractivity contribution in [2.45, 2.75) is 51.2 Å². The van der Waals surface area contributed by atoms with Gasteiger partial charge < -0.3 is 10.6 Å². The van der Waals surface area contributed by atoms with Gasteiger partial charge in [0.15, 0.2) is 0 Å². The van der Waals surface area contributed by atoms with Crippen molar-refractivity contribution >= 4 is 53.0 Å². The first-order valence-electron chi connectivity index (χ1n) is 8.43. The summed E-state index contributed by atoms with van der Waals surface area (Å²) in [6.45, 7) is 4.92. The van der Waals surface area contributed by atoms with Gasteiger partial charge >= 0.3 is 0 Å². The second-order valence-electron chi connectivity index (χ2n) is 5.81. The average Bonchev–Trinajstić information content (AvgIpc) is 2.54. The minimum absolute atomic E-state index is 0.0229. The van der Waals surface area contributed by atoms with Gasteiger partial charge in [0.05, 0.1) is 0 Å². The van der Waals surface area contributed by atoms with E-state index in [-0.39, 0.29) is 5.91 Å². The van der Waals surface area contributed by atoms with E-state index < -0.39 is 0 Å². The van der Waals surface area contributed by atoms with Gasteiger partial charge in [-0.2, -0.15) is 12.6 Å². The zero-order valence-electron chi connectivity index (χ0n) is 14.4. The zero-order valence-corrected chi connectivity index (χ0v) is 16.9. The molecule has 0 saturated carbocycles. The topological polar surface area (TPSA) is 41.1 Å². The van der Waals surface area contributed by atoms with Gasteiger partial charge in [0, 0.05) is 35.3 Å². The monoisotopic (exact) mass is 386 g/mol. The minimum Gasteiger partial charge on any atom is -0.376 e. The van der Waals surface area contributed by atoms with Crippen molar-refractivity contribution in [1.82, 2.24) is 5.32 Å². The summed E-state index contributed by atoms with van der Waals surface area (Å²) in [6.07, 6.45) is 3.95. The molecule has 1 rings (SSSR count). The maximum Gasteiger partial charge on any atom is 0.224 e. The van der Waals surface area contributed by atoms with Crippen molar-refractivity contribution in [1.29, 1.82) is 0 Å². The quantitative estimate of drug-likeness (QED) is 0.239. The summed E-state index contributed by atoms with van der Waals surface area (Å²) in [4.78, 5) is 12.8. The number of carbonyl (C=O) groups is 1. The number of hydrogen-bond donors (Lipinski definition) is 3. The standard InChI is InChI=1S/C18H27ClN2OS2/c1-3-14-7-8-15(18(24)20-11-9-13(2)23)12-16(14)21-17(22)6-4-5-10-19/h7-8,12-13,23H,3-6,9-11H2,1-2H3,(H,20,24)(H,21,22). The molecule has 0 aliphatic carbocycles. The molecule has 0 spiro atoms. The van der Waals surface area contributed by atoms with Gasteiger partial charge in [-0.05, 0) is 37.3 Å². The molecule has 24 heavy (non-hydrogen) atoms. The summed E-state index contributed by atoms with van der Waals surface area (Å²) in [5.74, 6) is 0.614. The predicted molar refractivity (Wildman–Crippen MR) is 112 cm³/mol. The predicted octanol–water partition coefficient (Wildman–Crippen LogP) is 4.57. The number of benzene rings is 1. The van der Waals surface area contributed by atoms with Crippen molar-refractivity contribution in [3.63, 3.8) is 0 Å². The fourth-order valence-electron chi connectivity index (χ4n) is 2.23. The molecule has 0 saturated heterocycles. The number of thiocarbonyl (C=S) groups is 1. The summed E-state index contributed by atoms with van der Waals surface area (Å²) in [5, 5.41) is 6.59. The van der Waals surface area contributed by atoms with Crippen LogP contribution in [-0.4, -0.2) is 28.6 Å². The van der Waals surface area contributed by atoms with Gasteiger partial charge in [0.25, 0.3) is 0 Å². The minimum atomic E-state index is 0.0229. The van der Waals surface area contributed by atoms with Gasteiger partial charge in [-0.3, -0.25) is 4.79 Å². The Balaban J connectivity index is 2.72. The molecule has 0 aliphatic heterocycles. The number of unbranched alkanes of at least 4 members (excludes halogenated alkanes) is 1. The third-order valence-electron chi connectivity index (χ3n) is 3.66. The molecule has 0 fully saturated rings. The molecule has 0 aromatic heterocycles. The summed E-state index contributed by atoms with van der Waals surface area (Å²) in [7, 11) is 0. The number of halogens is 1.